The molecule has 5 nitrogen and oxygen atoms in total. The lowest BCUT2D eigenvalue weighted by Gasteiger charge is -2.26. The van der Waals surface area contributed by atoms with Crippen LogP contribution in [0.15, 0.2) is 0 Å². The number of piperidine rings is 1. The third kappa shape index (κ3) is 6.96. The Kier molecular flexibility index (Phi) is 6.63. The van der Waals surface area contributed by atoms with Crippen LogP contribution in [0.3, 0.4) is 0 Å². The summed E-state index contributed by atoms with van der Waals surface area (Å²) in [6, 6.07) is 0. The molecule has 106 valence electrons. The van der Waals surface area contributed by atoms with Crippen molar-refractivity contribution in [2.75, 3.05) is 26.0 Å². The van der Waals surface area contributed by atoms with Gasteiger partial charge in [-0.15, -0.1) is 0 Å². The molecule has 1 heterocycles. The fourth-order valence-electron chi connectivity index (χ4n) is 2.07. The highest BCUT2D eigenvalue weighted by molar-refractivity contribution is 7.85. The molecule has 0 spiro atoms. The Bertz CT molecular complexity index is 353. The van der Waals surface area contributed by atoms with Crippen molar-refractivity contribution < 1.29 is 17.4 Å². The lowest BCUT2D eigenvalue weighted by molar-refractivity contribution is -0.133. The first kappa shape index (κ1) is 15.4. The molecule has 1 aliphatic heterocycles. The van der Waals surface area contributed by atoms with Crippen LogP contribution in [0, 0.1) is 0 Å². The van der Waals surface area contributed by atoms with Gasteiger partial charge in [-0.05, 0) is 25.7 Å². The SMILES string of the molecule is CS(=O)(=O)OCCCCCCN1CCCCC1=O. The number of hydrogen-bond acceptors (Lipinski definition) is 4. The second-order valence-electron chi connectivity index (χ2n) is 4.78. The largest absolute Gasteiger partial charge is 0.343 e. The summed E-state index contributed by atoms with van der Waals surface area (Å²) < 4.78 is 26.0. The molecule has 1 amide bonds. The number of nitrogens with zero attached hydrogens (tertiary/aromatic N) is 1. The fraction of sp³-hybridized carbons (Fsp3) is 0.917. The lowest BCUT2D eigenvalue weighted by Crippen LogP contribution is -2.35. The van der Waals surface area contributed by atoms with Gasteiger partial charge in [0.1, 0.15) is 0 Å². The van der Waals surface area contributed by atoms with Crippen molar-refractivity contribution >= 4 is 16.0 Å². The number of carbonyl (C=O) groups excluding carboxylic acids is 1. The Morgan fingerprint density at radius 2 is 1.89 bits per heavy atom. The van der Waals surface area contributed by atoms with E-state index in [-0.39, 0.29) is 12.5 Å². The van der Waals surface area contributed by atoms with Crippen molar-refractivity contribution in [3.63, 3.8) is 0 Å². The zero-order valence-electron chi connectivity index (χ0n) is 11.1. The van der Waals surface area contributed by atoms with Crippen molar-refractivity contribution in [2.24, 2.45) is 0 Å². The van der Waals surface area contributed by atoms with E-state index < -0.39 is 10.1 Å². The number of hydrogen-bond donors (Lipinski definition) is 0. The lowest BCUT2D eigenvalue weighted by atomic mass is 10.1. The number of rotatable bonds is 8. The van der Waals surface area contributed by atoms with E-state index in [9.17, 15) is 13.2 Å². The van der Waals surface area contributed by atoms with Crippen LogP contribution in [0.25, 0.3) is 0 Å². The van der Waals surface area contributed by atoms with Gasteiger partial charge in [0.25, 0.3) is 10.1 Å². The monoisotopic (exact) mass is 277 g/mol. The van der Waals surface area contributed by atoms with Crippen LogP contribution in [-0.2, 0) is 19.1 Å². The van der Waals surface area contributed by atoms with Crippen LogP contribution >= 0.6 is 0 Å². The Hall–Kier alpha value is -0.620. The third-order valence-electron chi connectivity index (χ3n) is 3.04. The minimum atomic E-state index is -3.29. The summed E-state index contributed by atoms with van der Waals surface area (Å²) in [5.41, 5.74) is 0. The minimum absolute atomic E-state index is 0.265. The highest BCUT2D eigenvalue weighted by atomic mass is 32.2. The van der Waals surface area contributed by atoms with E-state index in [0.717, 1.165) is 57.9 Å². The van der Waals surface area contributed by atoms with E-state index in [1.165, 1.54) is 0 Å². The molecule has 0 N–H and O–H groups in total. The van der Waals surface area contributed by atoms with E-state index in [1.807, 2.05) is 4.90 Å². The van der Waals surface area contributed by atoms with Gasteiger partial charge in [-0.3, -0.25) is 8.98 Å². The highest BCUT2D eigenvalue weighted by Crippen LogP contribution is 2.12. The van der Waals surface area contributed by atoms with Crippen LogP contribution in [0.4, 0.5) is 0 Å². The molecule has 0 aromatic rings. The molecule has 0 radical (unpaired) electrons. The summed E-state index contributed by atoms with van der Waals surface area (Å²) >= 11 is 0. The molecular weight excluding hydrogens is 254 g/mol. The maximum Gasteiger partial charge on any atom is 0.264 e. The molecule has 18 heavy (non-hydrogen) atoms. The average Bonchev–Trinajstić information content (AvgIpc) is 2.28. The quantitative estimate of drug-likeness (QED) is 0.498. The second kappa shape index (κ2) is 7.74. The van der Waals surface area contributed by atoms with Crippen LogP contribution < -0.4 is 0 Å². The molecule has 1 rings (SSSR count). The summed E-state index contributed by atoms with van der Waals surface area (Å²) in [4.78, 5) is 13.5. The Balaban J connectivity index is 1.97. The van der Waals surface area contributed by atoms with Crippen molar-refractivity contribution in [3.05, 3.63) is 0 Å². The zero-order chi connectivity index (χ0) is 13.4. The zero-order valence-corrected chi connectivity index (χ0v) is 11.9. The Labute approximate surface area is 110 Å². The van der Waals surface area contributed by atoms with E-state index in [0.29, 0.717) is 6.42 Å². The fourth-order valence-corrected chi connectivity index (χ4v) is 2.49. The molecule has 0 aliphatic carbocycles. The average molecular weight is 277 g/mol. The van der Waals surface area contributed by atoms with Gasteiger partial charge in [0.2, 0.25) is 5.91 Å². The number of likely N-dealkylation sites (tertiary alicyclic amines) is 1. The van der Waals surface area contributed by atoms with Gasteiger partial charge < -0.3 is 4.90 Å². The second-order valence-corrected chi connectivity index (χ2v) is 6.42. The number of carbonyl (C=O) groups is 1. The molecule has 1 aliphatic rings. The minimum Gasteiger partial charge on any atom is -0.343 e. The molecule has 0 aromatic carbocycles. The van der Waals surface area contributed by atoms with Crippen molar-refractivity contribution in [3.8, 4) is 0 Å². The van der Waals surface area contributed by atoms with Crippen LogP contribution in [0.1, 0.15) is 44.9 Å². The number of amides is 1. The van der Waals surface area contributed by atoms with Crippen LogP contribution in [0.2, 0.25) is 0 Å². The standard InChI is InChI=1S/C12H23NO4S/c1-18(15,16)17-11-7-3-2-5-9-13-10-6-4-8-12(13)14/h2-11H2,1H3. The van der Waals surface area contributed by atoms with Crippen LogP contribution in [-0.4, -0.2) is 45.2 Å². The van der Waals surface area contributed by atoms with Gasteiger partial charge in [0, 0.05) is 19.5 Å². The Morgan fingerprint density at radius 3 is 2.56 bits per heavy atom. The van der Waals surface area contributed by atoms with Gasteiger partial charge in [-0.2, -0.15) is 8.42 Å². The van der Waals surface area contributed by atoms with Crippen LogP contribution in [0.5, 0.6) is 0 Å². The maximum atomic E-state index is 11.5. The number of unbranched alkanes of at least 4 members (excludes halogenated alkanes) is 3. The van der Waals surface area contributed by atoms with Gasteiger partial charge in [0.15, 0.2) is 0 Å². The summed E-state index contributed by atoms with van der Waals surface area (Å²) in [5.74, 6) is 0.279. The van der Waals surface area contributed by atoms with E-state index >= 15 is 0 Å². The predicted molar refractivity (Wildman–Crippen MR) is 69.7 cm³/mol. The molecule has 1 fully saturated rings. The van der Waals surface area contributed by atoms with Crippen molar-refractivity contribution in [1.82, 2.24) is 4.90 Å². The molecule has 0 bridgehead atoms. The molecule has 0 unspecified atom stereocenters. The molecule has 6 heteroatoms. The third-order valence-corrected chi connectivity index (χ3v) is 3.64. The van der Waals surface area contributed by atoms with Gasteiger partial charge in [-0.25, -0.2) is 0 Å². The smallest absolute Gasteiger partial charge is 0.264 e. The first-order valence-electron chi connectivity index (χ1n) is 6.61. The normalized spacial score (nSPS) is 17.2. The van der Waals surface area contributed by atoms with E-state index in [1.54, 1.807) is 0 Å². The summed E-state index contributed by atoms with van der Waals surface area (Å²) in [6.45, 7) is 2.00. The molecule has 0 atom stereocenters. The highest BCUT2D eigenvalue weighted by Gasteiger charge is 2.16. The van der Waals surface area contributed by atoms with E-state index in [2.05, 4.69) is 4.18 Å². The topological polar surface area (TPSA) is 63.7 Å². The molecule has 0 saturated carbocycles. The summed E-state index contributed by atoms with van der Waals surface area (Å²) in [5, 5.41) is 0. The molecule has 0 aromatic heterocycles. The Morgan fingerprint density at radius 1 is 1.17 bits per heavy atom. The molecule has 1 saturated heterocycles. The summed E-state index contributed by atoms with van der Waals surface area (Å²) in [7, 11) is -3.29. The van der Waals surface area contributed by atoms with Crippen molar-refractivity contribution in [1.29, 1.82) is 0 Å². The van der Waals surface area contributed by atoms with Crippen molar-refractivity contribution in [2.45, 2.75) is 44.9 Å². The van der Waals surface area contributed by atoms with Gasteiger partial charge in [0.05, 0.1) is 12.9 Å². The van der Waals surface area contributed by atoms with Gasteiger partial charge >= 0.3 is 0 Å². The first-order valence-corrected chi connectivity index (χ1v) is 8.43. The first-order chi connectivity index (χ1) is 8.49. The van der Waals surface area contributed by atoms with E-state index in [4.69, 9.17) is 0 Å². The molecular formula is C12H23NO4S. The van der Waals surface area contributed by atoms with Gasteiger partial charge in [-0.1, -0.05) is 12.8 Å². The maximum absolute atomic E-state index is 11.5. The predicted octanol–water partition coefficient (Wildman–Crippen LogP) is 1.54. The summed E-state index contributed by atoms with van der Waals surface area (Å²) in [6.07, 6.45) is 7.60.